The van der Waals surface area contributed by atoms with Crippen LogP contribution in [0.1, 0.15) is 25.7 Å². The van der Waals surface area contributed by atoms with Crippen LogP contribution < -0.4 is 28.3 Å². The molecule has 0 spiro atoms. The molecule has 0 aromatic heterocycles. The van der Waals surface area contributed by atoms with E-state index >= 15 is 0 Å². The first-order chi connectivity index (χ1) is 21.6. The smallest absolute Gasteiger partial charge is 0.187 e. The van der Waals surface area contributed by atoms with Crippen LogP contribution in [0, 0.1) is 5.92 Å². The van der Waals surface area contributed by atoms with Crippen molar-refractivity contribution in [2.75, 3.05) is 26.2 Å². The van der Waals surface area contributed by atoms with Crippen LogP contribution in [0.3, 0.4) is 0 Å². The second-order valence-corrected chi connectivity index (χ2v) is 12.9. The van der Waals surface area contributed by atoms with Crippen LogP contribution in [-0.2, 0) is 23.7 Å². The quantitative estimate of drug-likeness (QED) is 0.0816. The van der Waals surface area contributed by atoms with Crippen molar-refractivity contribution in [1.29, 1.82) is 0 Å². The zero-order valence-electron chi connectivity index (χ0n) is 25.3. The molecule has 4 aliphatic rings. The van der Waals surface area contributed by atoms with E-state index in [0.717, 1.165) is 0 Å². The summed E-state index contributed by atoms with van der Waals surface area (Å²) in [6, 6.07) is -3.09. The second kappa shape index (κ2) is 15.7. The van der Waals surface area contributed by atoms with E-state index in [1.807, 2.05) is 0 Å². The first kappa shape index (κ1) is 37.8. The van der Waals surface area contributed by atoms with Crippen molar-refractivity contribution in [2.45, 2.75) is 129 Å². The number of carbonyl (C=O) groups is 1. The summed E-state index contributed by atoms with van der Waals surface area (Å²) in [6.07, 6.45) is -19.0. The lowest BCUT2D eigenvalue weighted by Crippen LogP contribution is -2.67. The first-order valence-electron chi connectivity index (χ1n) is 15.6. The molecule has 19 heteroatoms. The maximum atomic E-state index is 13.0. The van der Waals surface area contributed by atoms with Crippen LogP contribution in [0.4, 0.5) is 0 Å². The molecule has 18 atom stereocenters. The summed E-state index contributed by atoms with van der Waals surface area (Å²) in [6.45, 7) is -0.383. The molecular formula is C27H51N5O14. The summed E-state index contributed by atoms with van der Waals surface area (Å²) in [7, 11) is 0. The Labute approximate surface area is 265 Å². The normalized spacial score (nSPS) is 48.6. The third-order valence-corrected chi connectivity index (χ3v) is 9.46. The number of hydrogen-bond donors (Lipinski definition) is 14. The van der Waals surface area contributed by atoms with Gasteiger partial charge in [0.25, 0.3) is 0 Å². The van der Waals surface area contributed by atoms with E-state index in [0.29, 0.717) is 6.42 Å². The molecule has 0 aromatic rings. The van der Waals surface area contributed by atoms with Crippen LogP contribution in [0.15, 0.2) is 0 Å². The van der Waals surface area contributed by atoms with E-state index in [4.69, 9.17) is 41.9 Å². The molecule has 2 aliphatic carbocycles. The minimum Gasteiger partial charge on any atom is -0.394 e. The Morgan fingerprint density at radius 1 is 0.891 bits per heavy atom. The number of aliphatic hydroxyl groups is 9. The molecule has 4 rings (SSSR count). The predicted octanol–water partition coefficient (Wildman–Crippen LogP) is -8.24. The highest BCUT2D eigenvalue weighted by molar-refractivity contribution is 5.91. The summed E-state index contributed by atoms with van der Waals surface area (Å²) in [5.41, 5.74) is 21.7. The zero-order valence-corrected chi connectivity index (χ0v) is 25.3. The SMILES string of the molecule is NCCC(O)CNC[C@H]1O[C@H](OC2[C@@H](N)C[C@@H](CC(=O)C3(O)CC3N)[C@H](O[C@H]3O[C@H](CO)[C@@H](O)[C@H](N)[C@H]3O)[C@H]2O)[C@H](O)[C@@H](O)[C@@H]1O. The molecule has 0 aromatic carbocycles. The lowest BCUT2D eigenvalue weighted by atomic mass is 9.76. The van der Waals surface area contributed by atoms with Gasteiger partial charge in [0, 0.05) is 38.0 Å². The molecule has 18 N–H and O–H groups in total. The van der Waals surface area contributed by atoms with Gasteiger partial charge in [0.15, 0.2) is 18.4 Å². The monoisotopic (exact) mass is 669 g/mol. The topological polar surface area (TPSA) is 352 Å². The average Bonchev–Trinajstić information content (AvgIpc) is 3.64. The zero-order chi connectivity index (χ0) is 34.1. The lowest BCUT2D eigenvalue weighted by molar-refractivity contribution is -0.335. The number of Topliss-reactive ketones (excluding diaryl/α,β-unsaturated/α-hetero) is 1. The molecule has 46 heavy (non-hydrogen) atoms. The molecule has 0 amide bonds. The van der Waals surface area contributed by atoms with E-state index in [1.54, 1.807) is 0 Å². The van der Waals surface area contributed by atoms with Gasteiger partial charge in [0.05, 0.1) is 24.9 Å². The summed E-state index contributed by atoms with van der Waals surface area (Å²) < 4.78 is 23.1. The highest BCUT2D eigenvalue weighted by Crippen LogP contribution is 2.41. The fraction of sp³-hybridized carbons (Fsp3) is 0.963. The number of rotatable bonds is 14. The van der Waals surface area contributed by atoms with Gasteiger partial charge in [-0.25, -0.2) is 0 Å². The molecular weight excluding hydrogens is 618 g/mol. The standard InChI is InChI=1S/C27H51N5O14/c28-2-1-10(34)6-32-7-12-18(37)20(39)21(40)26(43-12)46-24-11(29)3-9(4-15(35)27(42)5-14(27)30)23(22(24)41)45-25-19(38)16(31)17(36)13(8-33)44-25/h9-14,16-26,32-34,36-42H,1-8,28-31H2/t9-,10?,11-,12+,13+,14?,16-,17+,18+,19+,20-,21+,22+,23-,24?,25+,26+,27?/m0/s1. The van der Waals surface area contributed by atoms with Gasteiger partial charge in [0.1, 0.15) is 60.5 Å². The lowest BCUT2D eigenvalue weighted by Gasteiger charge is -2.49. The van der Waals surface area contributed by atoms with E-state index in [2.05, 4.69) is 5.32 Å². The largest absolute Gasteiger partial charge is 0.394 e. The number of ether oxygens (including phenoxy) is 4. The maximum Gasteiger partial charge on any atom is 0.187 e. The number of carbonyl (C=O) groups excluding carboxylic acids is 1. The van der Waals surface area contributed by atoms with Gasteiger partial charge in [-0.15, -0.1) is 0 Å². The van der Waals surface area contributed by atoms with E-state index < -0.39 is 122 Å². The van der Waals surface area contributed by atoms with Crippen molar-refractivity contribution >= 4 is 5.78 Å². The summed E-state index contributed by atoms with van der Waals surface area (Å²) in [5.74, 6) is -1.50. The van der Waals surface area contributed by atoms with Gasteiger partial charge in [-0.05, 0) is 25.3 Å². The van der Waals surface area contributed by atoms with Crippen LogP contribution >= 0.6 is 0 Å². The Bertz CT molecular complexity index is 1000. The summed E-state index contributed by atoms with van der Waals surface area (Å²) in [4.78, 5) is 13.0. The van der Waals surface area contributed by atoms with Gasteiger partial charge in [-0.1, -0.05) is 0 Å². The molecule has 2 saturated carbocycles. The molecule has 2 saturated heterocycles. The van der Waals surface area contributed by atoms with Gasteiger partial charge in [-0.2, -0.15) is 0 Å². The molecule has 19 nitrogen and oxygen atoms in total. The Morgan fingerprint density at radius 2 is 1.50 bits per heavy atom. The van der Waals surface area contributed by atoms with Crippen molar-refractivity contribution < 1.29 is 69.7 Å². The van der Waals surface area contributed by atoms with Gasteiger partial charge in [-0.3, -0.25) is 4.79 Å². The van der Waals surface area contributed by atoms with Crippen LogP contribution in [0.25, 0.3) is 0 Å². The van der Waals surface area contributed by atoms with Gasteiger partial charge in [0.2, 0.25) is 0 Å². The Morgan fingerprint density at radius 3 is 2.11 bits per heavy atom. The molecule has 4 unspecified atom stereocenters. The fourth-order valence-electron chi connectivity index (χ4n) is 6.34. The van der Waals surface area contributed by atoms with Crippen molar-refractivity contribution in [3.63, 3.8) is 0 Å². The average molecular weight is 670 g/mol. The molecule has 2 heterocycles. The van der Waals surface area contributed by atoms with Crippen LogP contribution in [0.2, 0.25) is 0 Å². The fourth-order valence-corrected chi connectivity index (χ4v) is 6.34. The number of hydrogen-bond acceptors (Lipinski definition) is 19. The Kier molecular flexibility index (Phi) is 12.9. The number of aliphatic hydroxyl groups excluding tert-OH is 8. The van der Waals surface area contributed by atoms with Crippen molar-refractivity contribution in [2.24, 2.45) is 28.9 Å². The number of nitrogens with one attached hydrogen (secondary N) is 1. The Balaban J connectivity index is 1.51. The second-order valence-electron chi connectivity index (χ2n) is 12.9. The van der Waals surface area contributed by atoms with E-state index in [1.165, 1.54) is 0 Å². The number of ketones is 1. The predicted molar refractivity (Wildman–Crippen MR) is 154 cm³/mol. The van der Waals surface area contributed by atoms with Crippen molar-refractivity contribution in [3.05, 3.63) is 0 Å². The molecule has 0 bridgehead atoms. The molecule has 2 aliphatic heterocycles. The third-order valence-electron chi connectivity index (χ3n) is 9.46. The van der Waals surface area contributed by atoms with Crippen LogP contribution in [-0.4, -0.2) is 181 Å². The summed E-state index contributed by atoms with van der Waals surface area (Å²) >= 11 is 0. The minimum absolute atomic E-state index is 0.0485. The molecule has 4 fully saturated rings. The van der Waals surface area contributed by atoms with Gasteiger partial charge < -0.3 is 93.2 Å². The highest BCUT2D eigenvalue weighted by atomic mass is 16.7. The third kappa shape index (κ3) is 8.04. The molecule has 268 valence electrons. The first-order valence-corrected chi connectivity index (χ1v) is 15.6. The van der Waals surface area contributed by atoms with Crippen LogP contribution in [0.5, 0.6) is 0 Å². The van der Waals surface area contributed by atoms with E-state index in [9.17, 15) is 50.8 Å². The number of nitrogens with two attached hydrogens (primary N) is 4. The maximum absolute atomic E-state index is 13.0. The molecule has 0 radical (unpaired) electrons. The van der Waals surface area contributed by atoms with Crippen molar-refractivity contribution in [1.82, 2.24) is 5.32 Å². The van der Waals surface area contributed by atoms with Gasteiger partial charge >= 0.3 is 0 Å². The highest BCUT2D eigenvalue weighted by Gasteiger charge is 2.58. The van der Waals surface area contributed by atoms with E-state index in [-0.39, 0.29) is 38.9 Å². The van der Waals surface area contributed by atoms with Crippen molar-refractivity contribution in [3.8, 4) is 0 Å². The summed E-state index contributed by atoms with van der Waals surface area (Å²) in [5, 5.41) is 97.2. The minimum atomic E-state index is -1.79. The Hall–Kier alpha value is -1.05.